The summed E-state index contributed by atoms with van der Waals surface area (Å²) in [5.74, 6) is 2.86. The fourth-order valence-electron chi connectivity index (χ4n) is 5.81. The molecular weight excluding hydrogens is 446 g/mol. The molecule has 0 spiro atoms. The molecule has 1 amide bonds. The number of aryl methyl sites for hydroxylation is 1. The van der Waals surface area contributed by atoms with Gasteiger partial charge in [-0.05, 0) is 44.7 Å². The number of nitrogen functional groups attached to an aromatic ring is 1. The van der Waals surface area contributed by atoms with Crippen molar-refractivity contribution >= 4 is 23.6 Å². The molecule has 3 aliphatic rings. The molecule has 11 heteroatoms. The lowest BCUT2D eigenvalue weighted by molar-refractivity contribution is -0.134. The minimum Gasteiger partial charge on any atom is -0.458 e. The Balaban J connectivity index is 1.18. The molecule has 0 unspecified atom stereocenters. The molecule has 5 heterocycles. The summed E-state index contributed by atoms with van der Waals surface area (Å²) in [5, 5.41) is 4.40. The van der Waals surface area contributed by atoms with Crippen molar-refractivity contribution in [1.29, 1.82) is 0 Å². The van der Waals surface area contributed by atoms with Gasteiger partial charge in [0.25, 0.3) is 5.78 Å². The largest absolute Gasteiger partial charge is 0.458 e. The molecule has 2 aliphatic heterocycles. The second-order valence-electron chi connectivity index (χ2n) is 9.94. The van der Waals surface area contributed by atoms with E-state index in [2.05, 4.69) is 25.0 Å². The van der Waals surface area contributed by atoms with E-state index in [0.717, 1.165) is 44.8 Å². The van der Waals surface area contributed by atoms with Gasteiger partial charge in [0.15, 0.2) is 5.76 Å². The number of carbonyl (C=O) groups is 1. The molecule has 3 fully saturated rings. The van der Waals surface area contributed by atoms with Crippen LogP contribution in [0.2, 0.25) is 0 Å². The Morgan fingerprint density at radius 3 is 2.51 bits per heavy atom. The van der Waals surface area contributed by atoms with Crippen molar-refractivity contribution in [3.8, 4) is 11.6 Å². The molecule has 2 saturated heterocycles. The quantitative estimate of drug-likeness (QED) is 0.599. The molecular formula is C24H33N9O2. The minimum atomic E-state index is -0.270. The number of amides is 1. The van der Waals surface area contributed by atoms with Gasteiger partial charge in [0.1, 0.15) is 11.8 Å². The van der Waals surface area contributed by atoms with E-state index in [4.69, 9.17) is 10.2 Å². The number of aromatic nitrogens is 5. The van der Waals surface area contributed by atoms with Crippen LogP contribution in [0.5, 0.6) is 0 Å². The van der Waals surface area contributed by atoms with E-state index >= 15 is 0 Å². The van der Waals surface area contributed by atoms with Crippen LogP contribution in [0.4, 0.5) is 11.9 Å². The van der Waals surface area contributed by atoms with E-state index in [1.165, 1.54) is 36.6 Å². The van der Waals surface area contributed by atoms with Crippen LogP contribution >= 0.6 is 0 Å². The highest BCUT2D eigenvalue weighted by Crippen LogP contribution is 2.28. The number of hydrogen-bond acceptors (Lipinski definition) is 9. The Morgan fingerprint density at radius 1 is 0.971 bits per heavy atom. The Morgan fingerprint density at radius 2 is 1.77 bits per heavy atom. The lowest BCUT2D eigenvalue weighted by Gasteiger charge is -2.41. The van der Waals surface area contributed by atoms with E-state index in [1.54, 1.807) is 0 Å². The maximum absolute atomic E-state index is 13.5. The topological polar surface area (TPSA) is 122 Å². The molecule has 35 heavy (non-hydrogen) atoms. The normalized spacial score (nSPS) is 22.4. The van der Waals surface area contributed by atoms with Crippen molar-refractivity contribution in [1.82, 2.24) is 34.4 Å². The van der Waals surface area contributed by atoms with Crippen LogP contribution < -0.4 is 10.6 Å². The summed E-state index contributed by atoms with van der Waals surface area (Å²) in [5.41, 5.74) is 6.22. The van der Waals surface area contributed by atoms with Crippen LogP contribution in [0.25, 0.3) is 17.4 Å². The molecule has 186 valence electrons. The van der Waals surface area contributed by atoms with Crippen LogP contribution in [0.15, 0.2) is 16.5 Å². The number of fused-ring (bicyclic) bond motifs is 1. The predicted molar refractivity (Wildman–Crippen MR) is 131 cm³/mol. The molecule has 1 saturated carbocycles. The van der Waals surface area contributed by atoms with Crippen LogP contribution in [0, 0.1) is 6.92 Å². The zero-order valence-electron chi connectivity index (χ0n) is 20.3. The molecule has 6 rings (SSSR count). The highest BCUT2D eigenvalue weighted by molar-refractivity contribution is 5.85. The van der Waals surface area contributed by atoms with Gasteiger partial charge in [0, 0.05) is 38.8 Å². The van der Waals surface area contributed by atoms with Crippen molar-refractivity contribution in [2.24, 2.45) is 0 Å². The van der Waals surface area contributed by atoms with Gasteiger partial charge in [-0.2, -0.15) is 19.5 Å². The number of nitrogens with two attached hydrogens (primary N) is 1. The van der Waals surface area contributed by atoms with E-state index in [1.807, 2.05) is 28.9 Å². The van der Waals surface area contributed by atoms with Crippen molar-refractivity contribution < 1.29 is 9.21 Å². The lowest BCUT2D eigenvalue weighted by atomic mass is 9.94. The average Bonchev–Trinajstić information content (AvgIpc) is 3.63. The number of carbonyl (C=O) groups excluding carboxylic acids is 1. The van der Waals surface area contributed by atoms with E-state index in [0.29, 0.717) is 35.9 Å². The predicted octanol–water partition coefficient (Wildman–Crippen LogP) is 2.12. The van der Waals surface area contributed by atoms with Gasteiger partial charge in [0.2, 0.25) is 23.6 Å². The standard InChI is InChI=1S/C24H33N9O2/c1-16-9-10-19(35-16)20-26-24-28-23(27-22(25)33(24)29-20)32-11-5-8-18(32)21(34)31-14-12-30(13-15-31)17-6-3-2-4-7-17/h9-10,17-18H,2-8,11-15H2,1H3,(H2,25,26,27,28,29)/t18-/m0/s1. The average molecular weight is 480 g/mol. The van der Waals surface area contributed by atoms with Crippen LogP contribution in [0.1, 0.15) is 50.7 Å². The molecule has 2 N–H and O–H groups in total. The second-order valence-corrected chi connectivity index (χ2v) is 9.94. The third-order valence-electron chi connectivity index (χ3n) is 7.69. The van der Waals surface area contributed by atoms with Crippen LogP contribution in [-0.2, 0) is 4.79 Å². The Kier molecular flexibility index (Phi) is 5.79. The number of hydrogen-bond donors (Lipinski definition) is 1. The number of anilines is 2. The zero-order valence-corrected chi connectivity index (χ0v) is 20.3. The van der Waals surface area contributed by atoms with Crippen LogP contribution in [-0.4, -0.2) is 85.1 Å². The summed E-state index contributed by atoms with van der Waals surface area (Å²) in [6.07, 6.45) is 8.34. The molecule has 0 aromatic carbocycles. The van der Waals surface area contributed by atoms with Crippen molar-refractivity contribution in [2.75, 3.05) is 43.4 Å². The minimum absolute atomic E-state index is 0.168. The van der Waals surface area contributed by atoms with Crippen molar-refractivity contribution in [3.63, 3.8) is 0 Å². The molecule has 1 aliphatic carbocycles. The monoisotopic (exact) mass is 479 g/mol. The molecule has 11 nitrogen and oxygen atoms in total. The first kappa shape index (κ1) is 22.3. The van der Waals surface area contributed by atoms with Gasteiger partial charge in [-0.25, -0.2) is 0 Å². The van der Waals surface area contributed by atoms with Crippen molar-refractivity contribution in [2.45, 2.75) is 64.0 Å². The summed E-state index contributed by atoms with van der Waals surface area (Å²) in [4.78, 5) is 33.8. The van der Waals surface area contributed by atoms with Gasteiger partial charge < -0.3 is 20.0 Å². The first-order chi connectivity index (χ1) is 17.1. The Hall–Kier alpha value is -3.21. The number of piperazine rings is 1. The van der Waals surface area contributed by atoms with Gasteiger partial charge in [-0.15, -0.1) is 5.10 Å². The third-order valence-corrected chi connectivity index (χ3v) is 7.69. The first-order valence-electron chi connectivity index (χ1n) is 12.8. The lowest BCUT2D eigenvalue weighted by Crippen LogP contribution is -2.56. The van der Waals surface area contributed by atoms with E-state index in [9.17, 15) is 4.79 Å². The summed E-state index contributed by atoms with van der Waals surface area (Å²) in [6.45, 7) is 6.09. The van der Waals surface area contributed by atoms with Gasteiger partial charge in [0.05, 0.1) is 0 Å². The SMILES string of the molecule is Cc1ccc(-c2nc3nc(N4CCC[C@H]4C(=O)N4CCN(C5CCCCC5)CC4)nc(N)n3n2)o1. The Labute approximate surface area is 204 Å². The maximum atomic E-state index is 13.5. The van der Waals surface area contributed by atoms with Gasteiger partial charge in [-0.3, -0.25) is 9.69 Å². The molecule has 0 bridgehead atoms. The van der Waals surface area contributed by atoms with Crippen molar-refractivity contribution in [3.05, 3.63) is 17.9 Å². The van der Waals surface area contributed by atoms with Gasteiger partial charge >= 0.3 is 0 Å². The number of nitrogens with zero attached hydrogens (tertiary/aromatic N) is 8. The summed E-state index contributed by atoms with van der Waals surface area (Å²) in [6, 6.07) is 4.10. The second kappa shape index (κ2) is 9.10. The highest BCUT2D eigenvalue weighted by atomic mass is 16.3. The maximum Gasteiger partial charge on any atom is 0.259 e. The molecule has 1 atom stereocenters. The summed E-state index contributed by atoms with van der Waals surface area (Å²) in [7, 11) is 0. The smallest absolute Gasteiger partial charge is 0.259 e. The zero-order chi connectivity index (χ0) is 23.9. The van der Waals surface area contributed by atoms with E-state index in [-0.39, 0.29) is 17.9 Å². The first-order valence-corrected chi connectivity index (χ1v) is 12.8. The van der Waals surface area contributed by atoms with E-state index < -0.39 is 0 Å². The molecule has 3 aromatic rings. The van der Waals surface area contributed by atoms with Crippen LogP contribution in [0.3, 0.4) is 0 Å². The molecule has 0 radical (unpaired) electrons. The Bertz CT molecular complexity index is 1210. The molecule has 3 aromatic heterocycles. The number of rotatable bonds is 4. The third kappa shape index (κ3) is 4.22. The summed E-state index contributed by atoms with van der Waals surface area (Å²) < 4.78 is 7.05. The summed E-state index contributed by atoms with van der Waals surface area (Å²) >= 11 is 0. The van der Waals surface area contributed by atoms with Gasteiger partial charge in [-0.1, -0.05) is 19.3 Å². The fraction of sp³-hybridized carbons (Fsp3) is 0.625. The number of furan rings is 1. The fourth-order valence-corrected chi connectivity index (χ4v) is 5.81. The highest BCUT2D eigenvalue weighted by Gasteiger charge is 2.37.